The number of hydrogen-bond acceptors (Lipinski definition) is 5. The van der Waals surface area contributed by atoms with Gasteiger partial charge in [0.25, 0.3) is 0 Å². The van der Waals surface area contributed by atoms with Gasteiger partial charge >= 0.3 is 0 Å². The fourth-order valence-electron chi connectivity index (χ4n) is 2.13. The lowest BCUT2D eigenvalue weighted by Gasteiger charge is -2.22. The average Bonchev–Trinajstić information content (AvgIpc) is 2.66. The molecule has 1 N–H and O–H groups in total. The molecule has 0 spiro atoms. The van der Waals surface area contributed by atoms with Gasteiger partial charge in [0.05, 0.1) is 12.8 Å². The molecule has 0 bridgehead atoms. The summed E-state index contributed by atoms with van der Waals surface area (Å²) in [6.45, 7) is 5.71. The topological polar surface area (TPSA) is 67.8 Å². The molecule has 0 saturated carbocycles. The summed E-state index contributed by atoms with van der Waals surface area (Å²) in [6.07, 6.45) is 0.703. The highest BCUT2D eigenvalue weighted by atomic mass is 32.2. The number of methoxy groups -OCH3 is 1. The Bertz CT molecular complexity index is 773. The third kappa shape index (κ3) is 5.08. The predicted molar refractivity (Wildman–Crippen MR) is 107 cm³/mol. The van der Waals surface area contributed by atoms with Crippen molar-refractivity contribution in [1.82, 2.24) is 0 Å². The standard InChI is InChI=1S/C20H24N2O3S/c1-5-20(2,3)19(23)21-18-12-16(10-11-17(18)22-24)26-13-14-6-8-15(25-4)9-7-14/h6-12H,5,13H2,1-4H3,(H,21,23). The monoisotopic (exact) mass is 372 g/mol. The number of nitrogens with one attached hydrogen (secondary N) is 1. The number of hydrogen-bond donors (Lipinski definition) is 1. The summed E-state index contributed by atoms with van der Waals surface area (Å²) in [6, 6.07) is 13.2. The van der Waals surface area contributed by atoms with Crippen LogP contribution in [0.3, 0.4) is 0 Å². The van der Waals surface area contributed by atoms with Crippen molar-refractivity contribution in [3.05, 3.63) is 52.9 Å². The van der Waals surface area contributed by atoms with Gasteiger partial charge in [-0.2, -0.15) is 0 Å². The first-order valence-electron chi connectivity index (χ1n) is 8.44. The summed E-state index contributed by atoms with van der Waals surface area (Å²) in [5.41, 5.74) is 1.34. The smallest absolute Gasteiger partial charge is 0.230 e. The number of nitroso groups, excluding NO2 is 1. The van der Waals surface area contributed by atoms with Crippen molar-refractivity contribution < 1.29 is 9.53 Å². The third-order valence-corrected chi connectivity index (χ3v) is 5.44. The SMILES string of the molecule is CCC(C)(C)C(=O)Nc1cc(SCc2ccc(OC)cc2)ccc1N=O. The van der Waals surface area contributed by atoms with Crippen molar-refractivity contribution in [2.24, 2.45) is 10.6 Å². The Balaban J connectivity index is 2.12. The van der Waals surface area contributed by atoms with Gasteiger partial charge in [-0.3, -0.25) is 4.79 Å². The van der Waals surface area contributed by atoms with Crippen molar-refractivity contribution in [2.45, 2.75) is 37.8 Å². The Morgan fingerprint density at radius 1 is 1.19 bits per heavy atom. The van der Waals surface area contributed by atoms with Crippen LogP contribution < -0.4 is 10.1 Å². The van der Waals surface area contributed by atoms with Crippen LogP contribution in [0.15, 0.2) is 52.5 Å². The molecule has 6 heteroatoms. The molecule has 1 amide bonds. The van der Waals surface area contributed by atoms with Crippen molar-refractivity contribution in [3.63, 3.8) is 0 Å². The van der Waals surface area contributed by atoms with Crippen molar-refractivity contribution in [1.29, 1.82) is 0 Å². The number of thioether (sulfide) groups is 1. The van der Waals surface area contributed by atoms with Crippen LogP contribution in [0, 0.1) is 10.3 Å². The average molecular weight is 372 g/mol. The lowest BCUT2D eigenvalue weighted by Crippen LogP contribution is -2.30. The number of rotatable bonds is 8. The van der Waals surface area contributed by atoms with E-state index in [2.05, 4.69) is 10.5 Å². The quantitative estimate of drug-likeness (QED) is 0.472. The van der Waals surface area contributed by atoms with Gasteiger partial charge in [0.15, 0.2) is 0 Å². The molecule has 0 aromatic heterocycles. The van der Waals surface area contributed by atoms with Gasteiger partial charge < -0.3 is 10.1 Å². The maximum absolute atomic E-state index is 12.4. The van der Waals surface area contributed by atoms with E-state index in [4.69, 9.17) is 4.74 Å². The third-order valence-electron chi connectivity index (χ3n) is 4.38. The van der Waals surface area contributed by atoms with E-state index in [1.54, 1.807) is 31.0 Å². The van der Waals surface area contributed by atoms with Crippen LogP contribution in [0.2, 0.25) is 0 Å². The minimum atomic E-state index is -0.508. The minimum Gasteiger partial charge on any atom is -0.497 e. The zero-order valence-electron chi connectivity index (χ0n) is 15.5. The van der Waals surface area contributed by atoms with Gasteiger partial charge in [0.1, 0.15) is 11.4 Å². The van der Waals surface area contributed by atoms with Gasteiger partial charge in [0.2, 0.25) is 5.91 Å². The number of carbonyl (C=O) groups is 1. The largest absolute Gasteiger partial charge is 0.497 e. The molecule has 0 aliphatic rings. The molecule has 2 aromatic carbocycles. The molecule has 0 radical (unpaired) electrons. The Hall–Kier alpha value is -2.34. The maximum atomic E-state index is 12.4. The zero-order chi connectivity index (χ0) is 19.2. The Morgan fingerprint density at radius 3 is 2.46 bits per heavy atom. The molecule has 26 heavy (non-hydrogen) atoms. The molecular formula is C20H24N2O3S. The number of carbonyl (C=O) groups excluding carboxylic acids is 1. The number of amides is 1. The molecule has 0 fully saturated rings. The zero-order valence-corrected chi connectivity index (χ0v) is 16.4. The first-order chi connectivity index (χ1) is 12.4. The fourth-order valence-corrected chi connectivity index (χ4v) is 3.02. The molecule has 0 saturated heterocycles. The summed E-state index contributed by atoms with van der Waals surface area (Å²) < 4.78 is 5.16. The Labute approximate surface area is 158 Å². The predicted octanol–water partition coefficient (Wildman–Crippen LogP) is 5.76. The Morgan fingerprint density at radius 2 is 1.88 bits per heavy atom. The van der Waals surface area contributed by atoms with E-state index < -0.39 is 5.41 Å². The summed E-state index contributed by atoms with van der Waals surface area (Å²) in [7, 11) is 1.64. The van der Waals surface area contributed by atoms with Crippen molar-refractivity contribution in [3.8, 4) is 5.75 Å². The first-order valence-corrected chi connectivity index (χ1v) is 9.42. The summed E-state index contributed by atoms with van der Waals surface area (Å²) >= 11 is 1.62. The fraction of sp³-hybridized carbons (Fsp3) is 0.350. The van der Waals surface area contributed by atoms with E-state index in [0.717, 1.165) is 22.0 Å². The molecule has 138 valence electrons. The molecular weight excluding hydrogens is 348 g/mol. The summed E-state index contributed by atoms with van der Waals surface area (Å²) in [5.74, 6) is 1.47. The van der Waals surface area contributed by atoms with Crippen LogP contribution in [0.25, 0.3) is 0 Å². The molecule has 0 aliphatic carbocycles. The maximum Gasteiger partial charge on any atom is 0.230 e. The summed E-state index contributed by atoms with van der Waals surface area (Å²) in [4.78, 5) is 24.4. The van der Waals surface area contributed by atoms with E-state index in [1.165, 1.54) is 0 Å². The van der Waals surface area contributed by atoms with Gasteiger partial charge in [-0.15, -0.1) is 16.7 Å². The van der Waals surface area contributed by atoms with E-state index in [0.29, 0.717) is 12.1 Å². The van der Waals surface area contributed by atoms with E-state index >= 15 is 0 Å². The van der Waals surface area contributed by atoms with Gasteiger partial charge in [0, 0.05) is 16.1 Å². The molecule has 2 rings (SSSR count). The highest BCUT2D eigenvalue weighted by molar-refractivity contribution is 7.98. The second kappa shape index (κ2) is 8.85. The van der Waals surface area contributed by atoms with Crippen LogP contribution in [0.4, 0.5) is 11.4 Å². The van der Waals surface area contributed by atoms with Crippen LogP contribution >= 0.6 is 11.8 Å². The molecule has 5 nitrogen and oxygen atoms in total. The van der Waals surface area contributed by atoms with Crippen molar-refractivity contribution in [2.75, 3.05) is 12.4 Å². The minimum absolute atomic E-state index is 0.123. The first kappa shape index (κ1) is 20.0. The molecule has 0 unspecified atom stereocenters. The Kier molecular flexibility index (Phi) is 6.80. The van der Waals surface area contributed by atoms with Gasteiger partial charge in [-0.05, 0) is 47.5 Å². The normalized spacial score (nSPS) is 11.1. The second-order valence-electron chi connectivity index (χ2n) is 6.60. The van der Waals surface area contributed by atoms with Gasteiger partial charge in [-0.25, -0.2) is 0 Å². The number of nitrogens with zero attached hydrogens (tertiary/aromatic N) is 1. The van der Waals surface area contributed by atoms with Crippen LogP contribution in [-0.4, -0.2) is 13.0 Å². The highest BCUT2D eigenvalue weighted by Gasteiger charge is 2.26. The lowest BCUT2D eigenvalue weighted by atomic mass is 9.89. The molecule has 0 aliphatic heterocycles. The lowest BCUT2D eigenvalue weighted by molar-refractivity contribution is -0.124. The van der Waals surface area contributed by atoms with Crippen molar-refractivity contribution >= 4 is 29.0 Å². The van der Waals surface area contributed by atoms with E-state index in [1.807, 2.05) is 51.1 Å². The second-order valence-corrected chi connectivity index (χ2v) is 7.65. The number of ether oxygens (including phenoxy) is 1. The number of anilines is 1. The summed E-state index contributed by atoms with van der Waals surface area (Å²) in [5, 5.41) is 5.87. The van der Waals surface area contributed by atoms with Gasteiger partial charge in [-0.1, -0.05) is 32.9 Å². The van der Waals surface area contributed by atoms with E-state index in [-0.39, 0.29) is 11.6 Å². The number of benzene rings is 2. The highest BCUT2D eigenvalue weighted by Crippen LogP contribution is 2.33. The molecule has 0 heterocycles. The van der Waals surface area contributed by atoms with Crippen LogP contribution in [0.1, 0.15) is 32.8 Å². The molecule has 0 atom stereocenters. The van der Waals surface area contributed by atoms with E-state index in [9.17, 15) is 9.70 Å². The van der Waals surface area contributed by atoms with Crippen LogP contribution in [0.5, 0.6) is 5.75 Å². The molecule has 2 aromatic rings. The van der Waals surface area contributed by atoms with Crippen LogP contribution in [-0.2, 0) is 10.5 Å².